The van der Waals surface area contributed by atoms with E-state index in [2.05, 4.69) is 46.3 Å². The zero-order valence-corrected chi connectivity index (χ0v) is 26.9. The lowest BCUT2D eigenvalue weighted by atomic mass is 9.77. The third-order valence-corrected chi connectivity index (χ3v) is 8.43. The summed E-state index contributed by atoms with van der Waals surface area (Å²) in [5.74, 6) is -1.62. The van der Waals surface area contributed by atoms with E-state index in [0.29, 0.717) is 16.8 Å². The van der Waals surface area contributed by atoms with Crippen molar-refractivity contribution in [1.82, 2.24) is 14.9 Å². The Labute approximate surface area is 285 Å². The van der Waals surface area contributed by atoms with Gasteiger partial charge in [-0.2, -0.15) is 0 Å². The Morgan fingerprint density at radius 2 is 1.22 bits per heavy atom. The smallest absolute Gasteiger partial charge is 0.338 e. The second-order valence-electron chi connectivity index (χ2n) is 11.4. The summed E-state index contributed by atoms with van der Waals surface area (Å²) < 4.78 is 12.6. The van der Waals surface area contributed by atoms with Gasteiger partial charge in [-0.3, -0.25) is 4.79 Å². The van der Waals surface area contributed by atoms with Crippen LogP contribution in [0.1, 0.15) is 48.7 Å². The third-order valence-electron chi connectivity index (χ3n) is 8.43. The second kappa shape index (κ2) is 15.1. The highest BCUT2D eigenvalue weighted by atomic mass is 16.5. The normalized spacial score (nSPS) is 11.7. The standard InChI is InChI=1S/C41H35N3O5/c1-48-40(47)37(43-38(45)36-25-15-14-18-31(36)28-49-39(46)30-16-6-2-7-17-30)26-35-27-44(29-42-35)41(32-19-8-3-9-20-32,33-21-10-4-11-22-33)34-23-12-5-13-24-34/h2-25,27,29,37H,26,28H2,1H3,(H,43,45). The maximum absolute atomic E-state index is 13.6. The molecule has 0 aliphatic rings. The van der Waals surface area contributed by atoms with Crippen molar-refractivity contribution in [3.8, 4) is 0 Å². The first-order chi connectivity index (χ1) is 24.0. The summed E-state index contributed by atoms with van der Waals surface area (Å²) in [5, 5.41) is 2.83. The minimum atomic E-state index is -1.04. The number of hydrogen-bond donors (Lipinski definition) is 1. The molecule has 0 bridgehead atoms. The summed E-state index contributed by atoms with van der Waals surface area (Å²) in [5.41, 5.74) is 4.05. The number of methoxy groups -OCH3 is 1. The maximum atomic E-state index is 13.6. The molecule has 0 fully saturated rings. The van der Waals surface area contributed by atoms with Gasteiger partial charge in [-0.1, -0.05) is 127 Å². The lowest BCUT2D eigenvalue weighted by Gasteiger charge is -2.37. The number of benzene rings is 5. The van der Waals surface area contributed by atoms with Gasteiger partial charge in [-0.05, 0) is 34.9 Å². The van der Waals surface area contributed by atoms with Crippen molar-refractivity contribution < 1.29 is 23.9 Å². The fourth-order valence-electron chi connectivity index (χ4n) is 6.09. The molecule has 49 heavy (non-hydrogen) atoms. The van der Waals surface area contributed by atoms with Gasteiger partial charge in [0.2, 0.25) is 0 Å². The fourth-order valence-corrected chi connectivity index (χ4v) is 6.09. The van der Waals surface area contributed by atoms with Gasteiger partial charge in [-0.25, -0.2) is 14.6 Å². The van der Waals surface area contributed by atoms with Gasteiger partial charge in [0.15, 0.2) is 0 Å². The summed E-state index contributed by atoms with van der Waals surface area (Å²) >= 11 is 0. The van der Waals surface area contributed by atoms with Gasteiger partial charge in [0.05, 0.1) is 24.7 Å². The Morgan fingerprint density at radius 3 is 1.78 bits per heavy atom. The van der Waals surface area contributed by atoms with Crippen LogP contribution in [-0.2, 0) is 32.8 Å². The van der Waals surface area contributed by atoms with Gasteiger partial charge >= 0.3 is 11.9 Å². The van der Waals surface area contributed by atoms with Crippen LogP contribution in [0.25, 0.3) is 0 Å². The fraction of sp³-hybridized carbons (Fsp3) is 0.122. The van der Waals surface area contributed by atoms with Gasteiger partial charge in [0.25, 0.3) is 5.91 Å². The van der Waals surface area contributed by atoms with Crippen LogP contribution in [0.3, 0.4) is 0 Å². The van der Waals surface area contributed by atoms with Crippen molar-refractivity contribution in [2.45, 2.75) is 24.6 Å². The number of esters is 2. The molecule has 244 valence electrons. The second-order valence-corrected chi connectivity index (χ2v) is 11.4. The largest absolute Gasteiger partial charge is 0.467 e. The number of amides is 1. The van der Waals surface area contributed by atoms with E-state index in [1.807, 2.05) is 66.9 Å². The molecule has 6 aromatic rings. The highest BCUT2D eigenvalue weighted by Gasteiger charge is 2.38. The van der Waals surface area contributed by atoms with Crippen LogP contribution in [0.15, 0.2) is 158 Å². The van der Waals surface area contributed by atoms with Crippen LogP contribution in [0.4, 0.5) is 0 Å². The molecule has 1 atom stereocenters. The lowest BCUT2D eigenvalue weighted by Crippen LogP contribution is -2.43. The number of rotatable bonds is 12. The molecule has 1 aromatic heterocycles. The first-order valence-electron chi connectivity index (χ1n) is 15.9. The van der Waals surface area contributed by atoms with E-state index in [1.54, 1.807) is 54.9 Å². The molecule has 1 amide bonds. The van der Waals surface area contributed by atoms with Crippen LogP contribution >= 0.6 is 0 Å². The van der Waals surface area contributed by atoms with Crippen LogP contribution in [0, 0.1) is 0 Å². The summed E-state index contributed by atoms with van der Waals surface area (Å²) in [7, 11) is 1.28. The number of nitrogens with one attached hydrogen (secondary N) is 1. The molecule has 0 aliphatic heterocycles. The highest BCUT2D eigenvalue weighted by molar-refractivity contribution is 5.98. The minimum absolute atomic E-state index is 0.0744. The Bertz CT molecular complexity index is 1920. The van der Waals surface area contributed by atoms with Crippen molar-refractivity contribution in [2.75, 3.05) is 7.11 Å². The number of hydrogen-bond acceptors (Lipinski definition) is 6. The van der Waals surface area contributed by atoms with Crippen LogP contribution in [0.5, 0.6) is 0 Å². The third kappa shape index (κ3) is 7.04. The van der Waals surface area contributed by atoms with E-state index in [-0.39, 0.29) is 18.6 Å². The summed E-state index contributed by atoms with van der Waals surface area (Å²) in [6.45, 7) is -0.120. The Kier molecular flexibility index (Phi) is 10.1. The lowest BCUT2D eigenvalue weighted by molar-refractivity contribution is -0.142. The maximum Gasteiger partial charge on any atom is 0.338 e. The minimum Gasteiger partial charge on any atom is -0.467 e. The molecule has 6 rings (SSSR count). The predicted molar refractivity (Wildman–Crippen MR) is 186 cm³/mol. The van der Waals surface area contributed by atoms with Crippen molar-refractivity contribution in [3.63, 3.8) is 0 Å². The average molecular weight is 650 g/mol. The number of aromatic nitrogens is 2. The summed E-state index contributed by atoms with van der Waals surface area (Å²) in [6.07, 6.45) is 3.74. The van der Waals surface area contributed by atoms with Gasteiger partial charge in [0.1, 0.15) is 18.2 Å². The van der Waals surface area contributed by atoms with Crippen LogP contribution < -0.4 is 5.32 Å². The number of ether oxygens (including phenoxy) is 2. The zero-order chi connectivity index (χ0) is 34.1. The molecule has 0 spiro atoms. The number of carbonyl (C=O) groups is 3. The molecular formula is C41H35N3O5. The molecule has 1 heterocycles. The number of carbonyl (C=O) groups excluding carboxylic acids is 3. The van der Waals surface area contributed by atoms with E-state index in [1.165, 1.54) is 7.11 Å². The van der Waals surface area contributed by atoms with E-state index < -0.39 is 29.4 Å². The topological polar surface area (TPSA) is 99.5 Å². The molecule has 8 nitrogen and oxygen atoms in total. The number of imidazole rings is 1. The molecule has 8 heteroatoms. The molecular weight excluding hydrogens is 614 g/mol. The van der Waals surface area contributed by atoms with Gasteiger partial charge in [-0.15, -0.1) is 0 Å². The highest BCUT2D eigenvalue weighted by Crippen LogP contribution is 2.40. The van der Waals surface area contributed by atoms with E-state index >= 15 is 0 Å². The number of nitrogens with zero attached hydrogens (tertiary/aromatic N) is 2. The first kappa shape index (κ1) is 32.7. The first-order valence-corrected chi connectivity index (χ1v) is 15.9. The van der Waals surface area contributed by atoms with E-state index in [9.17, 15) is 14.4 Å². The van der Waals surface area contributed by atoms with Crippen molar-refractivity contribution in [3.05, 3.63) is 197 Å². The summed E-state index contributed by atoms with van der Waals surface area (Å²) in [6, 6.07) is 44.9. The molecule has 1 N–H and O–H groups in total. The molecule has 5 aromatic carbocycles. The van der Waals surface area contributed by atoms with Crippen LogP contribution in [0.2, 0.25) is 0 Å². The summed E-state index contributed by atoms with van der Waals surface area (Å²) in [4.78, 5) is 44.0. The van der Waals surface area contributed by atoms with E-state index in [4.69, 9.17) is 14.5 Å². The predicted octanol–water partition coefficient (Wildman–Crippen LogP) is 6.59. The monoisotopic (exact) mass is 649 g/mol. The molecule has 0 radical (unpaired) electrons. The molecule has 1 unspecified atom stereocenters. The molecule has 0 saturated heterocycles. The zero-order valence-electron chi connectivity index (χ0n) is 26.9. The van der Waals surface area contributed by atoms with Gasteiger partial charge < -0.3 is 19.4 Å². The Hall–Kier alpha value is -6.28. The SMILES string of the molecule is COC(=O)C(Cc1cn(C(c2ccccc2)(c2ccccc2)c2ccccc2)cn1)NC(=O)c1ccccc1COC(=O)c1ccccc1. The molecule has 0 aliphatic carbocycles. The quantitative estimate of drug-likeness (QED) is 0.119. The van der Waals surface area contributed by atoms with Crippen molar-refractivity contribution in [1.29, 1.82) is 0 Å². The van der Waals surface area contributed by atoms with Crippen LogP contribution in [-0.4, -0.2) is 40.5 Å². The van der Waals surface area contributed by atoms with Gasteiger partial charge in [0, 0.05) is 23.7 Å². The average Bonchev–Trinajstić information content (AvgIpc) is 3.63. The Morgan fingerprint density at radius 1 is 0.714 bits per heavy atom. The van der Waals surface area contributed by atoms with Crippen molar-refractivity contribution in [2.24, 2.45) is 0 Å². The molecule has 0 saturated carbocycles. The van der Waals surface area contributed by atoms with Crippen molar-refractivity contribution >= 4 is 17.8 Å². The van der Waals surface area contributed by atoms with E-state index in [0.717, 1.165) is 16.7 Å². The Balaban J connectivity index is 1.29.